The molecular formula is C15H28O5. The van der Waals surface area contributed by atoms with Crippen molar-refractivity contribution in [2.75, 3.05) is 13.7 Å². The van der Waals surface area contributed by atoms with Gasteiger partial charge in [-0.25, -0.2) is 9.59 Å². The minimum atomic E-state index is -0.920. The van der Waals surface area contributed by atoms with Crippen molar-refractivity contribution in [3.8, 4) is 0 Å². The van der Waals surface area contributed by atoms with Crippen LogP contribution in [0, 0.1) is 0 Å². The molecule has 118 valence electrons. The monoisotopic (exact) mass is 288 g/mol. The average Bonchev–Trinajstić information content (AvgIpc) is 2.45. The summed E-state index contributed by atoms with van der Waals surface area (Å²) in [5.74, 6) is -0.529. The Balaban J connectivity index is 3.41. The van der Waals surface area contributed by atoms with Gasteiger partial charge in [-0.05, 0) is 13.3 Å². The van der Waals surface area contributed by atoms with Crippen LogP contribution in [0.15, 0.2) is 0 Å². The van der Waals surface area contributed by atoms with Gasteiger partial charge >= 0.3 is 12.1 Å². The van der Waals surface area contributed by atoms with Crippen LogP contribution in [0.25, 0.3) is 0 Å². The van der Waals surface area contributed by atoms with Crippen molar-refractivity contribution in [3.63, 3.8) is 0 Å². The molecule has 0 rings (SSSR count). The van der Waals surface area contributed by atoms with Gasteiger partial charge in [0.1, 0.15) is 0 Å². The van der Waals surface area contributed by atoms with E-state index in [1.165, 1.54) is 52.6 Å². The first kappa shape index (κ1) is 18.7. The van der Waals surface area contributed by atoms with Crippen LogP contribution in [0.2, 0.25) is 0 Å². The molecule has 0 aliphatic heterocycles. The maximum absolute atomic E-state index is 11.4. The summed E-state index contributed by atoms with van der Waals surface area (Å²) in [5.41, 5.74) is 0. The highest BCUT2D eigenvalue weighted by Gasteiger charge is 2.19. The van der Waals surface area contributed by atoms with Crippen LogP contribution in [-0.2, 0) is 19.0 Å². The summed E-state index contributed by atoms with van der Waals surface area (Å²) in [5, 5.41) is 0. The molecule has 0 unspecified atom stereocenters. The first-order valence-electron chi connectivity index (χ1n) is 7.53. The standard InChI is InChI=1S/C15H28O5/c1-4-5-6-7-8-9-10-11-12-19-14(16)13(2)20-15(17)18-3/h13H,4-12H2,1-3H3/t13-/m1/s1. The molecule has 0 saturated heterocycles. The highest BCUT2D eigenvalue weighted by atomic mass is 16.7. The Morgan fingerprint density at radius 1 is 0.950 bits per heavy atom. The van der Waals surface area contributed by atoms with E-state index in [9.17, 15) is 9.59 Å². The molecule has 0 N–H and O–H groups in total. The number of methoxy groups -OCH3 is 1. The molecule has 0 aromatic carbocycles. The van der Waals surface area contributed by atoms with Crippen LogP contribution in [-0.4, -0.2) is 31.9 Å². The third-order valence-corrected chi connectivity index (χ3v) is 3.01. The van der Waals surface area contributed by atoms with Crippen molar-refractivity contribution in [1.82, 2.24) is 0 Å². The van der Waals surface area contributed by atoms with E-state index in [1.807, 2.05) is 0 Å². The average molecular weight is 288 g/mol. The van der Waals surface area contributed by atoms with Crippen molar-refractivity contribution in [3.05, 3.63) is 0 Å². The lowest BCUT2D eigenvalue weighted by Gasteiger charge is -2.11. The van der Waals surface area contributed by atoms with Gasteiger partial charge in [0.05, 0.1) is 13.7 Å². The Hall–Kier alpha value is -1.26. The third kappa shape index (κ3) is 10.6. The van der Waals surface area contributed by atoms with Gasteiger partial charge in [0.25, 0.3) is 0 Å². The van der Waals surface area contributed by atoms with Gasteiger partial charge in [-0.1, -0.05) is 51.9 Å². The Morgan fingerprint density at radius 2 is 1.50 bits per heavy atom. The maximum Gasteiger partial charge on any atom is 0.508 e. The molecule has 5 heteroatoms. The van der Waals surface area contributed by atoms with E-state index in [4.69, 9.17) is 4.74 Å². The highest BCUT2D eigenvalue weighted by molar-refractivity contribution is 5.76. The van der Waals surface area contributed by atoms with Crippen molar-refractivity contribution >= 4 is 12.1 Å². The molecule has 5 nitrogen and oxygen atoms in total. The predicted molar refractivity (Wildman–Crippen MR) is 76.5 cm³/mol. The van der Waals surface area contributed by atoms with Gasteiger partial charge in [0.15, 0.2) is 6.10 Å². The van der Waals surface area contributed by atoms with E-state index >= 15 is 0 Å². The fraction of sp³-hybridized carbons (Fsp3) is 0.867. The second kappa shape index (κ2) is 12.8. The van der Waals surface area contributed by atoms with E-state index in [1.54, 1.807) is 0 Å². The minimum absolute atomic E-state index is 0.378. The Morgan fingerprint density at radius 3 is 2.05 bits per heavy atom. The molecule has 0 heterocycles. The lowest BCUT2D eigenvalue weighted by Crippen LogP contribution is -2.26. The fourth-order valence-electron chi connectivity index (χ4n) is 1.77. The van der Waals surface area contributed by atoms with Crippen LogP contribution in [0.4, 0.5) is 4.79 Å². The van der Waals surface area contributed by atoms with Crippen LogP contribution < -0.4 is 0 Å². The topological polar surface area (TPSA) is 61.8 Å². The van der Waals surface area contributed by atoms with Crippen LogP contribution in [0.3, 0.4) is 0 Å². The van der Waals surface area contributed by atoms with E-state index in [0.29, 0.717) is 6.61 Å². The van der Waals surface area contributed by atoms with Crippen molar-refractivity contribution in [2.24, 2.45) is 0 Å². The quantitative estimate of drug-likeness (QED) is 0.427. The predicted octanol–water partition coefficient (Wildman–Crippen LogP) is 3.84. The third-order valence-electron chi connectivity index (χ3n) is 3.01. The van der Waals surface area contributed by atoms with Gasteiger partial charge in [-0.15, -0.1) is 0 Å². The number of esters is 1. The molecule has 0 saturated carbocycles. The lowest BCUT2D eigenvalue weighted by atomic mass is 10.1. The normalized spacial score (nSPS) is 11.8. The maximum atomic E-state index is 11.4. The molecule has 0 radical (unpaired) electrons. The van der Waals surface area contributed by atoms with E-state index in [-0.39, 0.29) is 0 Å². The number of unbranched alkanes of at least 4 members (excludes halogenated alkanes) is 7. The summed E-state index contributed by atoms with van der Waals surface area (Å²) in [7, 11) is 1.20. The fourth-order valence-corrected chi connectivity index (χ4v) is 1.77. The Kier molecular flexibility index (Phi) is 12.0. The zero-order valence-corrected chi connectivity index (χ0v) is 13.0. The van der Waals surface area contributed by atoms with Crippen molar-refractivity contribution in [2.45, 2.75) is 71.3 Å². The molecule has 0 aliphatic carbocycles. The summed E-state index contributed by atoms with van der Waals surface area (Å²) in [6, 6.07) is 0. The Bertz CT molecular complexity index is 265. The molecule has 0 fully saturated rings. The Labute approximate surface area is 122 Å². The van der Waals surface area contributed by atoms with Gasteiger partial charge in [-0.3, -0.25) is 0 Å². The summed E-state index contributed by atoms with van der Waals surface area (Å²) in [6.45, 7) is 4.05. The van der Waals surface area contributed by atoms with Crippen molar-refractivity contribution < 1.29 is 23.8 Å². The summed E-state index contributed by atoms with van der Waals surface area (Å²) >= 11 is 0. The second-order valence-corrected chi connectivity index (χ2v) is 4.86. The number of carbonyl (C=O) groups excluding carboxylic acids is 2. The first-order valence-corrected chi connectivity index (χ1v) is 7.53. The molecule has 0 amide bonds. The lowest BCUT2D eigenvalue weighted by molar-refractivity contribution is -0.153. The molecule has 0 spiro atoms. The van der Waals surface area contributed by atoms with Crippen LogP contribution >= 0.6 is 0 Å². The molecule has 0 aromatic rings. The SMILES string of the molecule is CCCCCCCCCCOC(=O)[C@@H](C)OC(=O)OC. The van der Waals surface area contributed by atoms with Crippen LogP contribution in [0.1, 0.15) is 65.2 Å². The molecule has 0 bridgehead atoms. The van der Waals surface area contributed by atoms with E-state index in [2.05, 4.69) is 16.4 Å². The van der Waals surface area contributed by atoms with Crippen LogP contribution in [0.5, 0.6) is 0 Å². The molecule has 1 atom stereocenters. The number of hydrogen-bond donors (Lipinski definition) is 0. The number of carbonyl (C=O) groups is 2. The van der Waals surface area contributed by atoms with Gasteiger partial charge < -0.3 is 14.2 Å². The van der Waals surface area contributed by atoms with E-state index in [0.717, 1.165) is 12.8 Å². The smallest absolute Gasteiger partial charge is 0.463 e. The first-order chi connectivity index (χ1) is 9.61. The molecule has 0 aromatic heterocycles. The second-order valence-electron chi connectivity index (χ2n) is 4.86. The molecular weight excluding hydrogens is 260 g/mol. The number of ether oxygens (including phenoxy) is 3. The number of rotatable bonds is 11. The van der Waals surface area contributed by atoms with Gasteiger partial charge in [0.2, 0.25) is 0 Å². The molecule has 20 heavy (non-hydrogen) atoms. The summed E-state index contributed by atoms with van der Waals surface area (Å²) in [6.07, 6.45) is 7.72. The summed E-state index contributed by atoms with van der Waals surface area (Å²) in [4.78, 5) is 22.2. The zero-order chi connectivity index (χ0) is 15.2. The highest BCUT2D eigenvalue weighted by Crippen LogP contribution is 2.08. The summed E-state index contributed by atoms with van der Waals surface area (Å²) < 4.78 is 14.0. The zero-order valence-electron chi connectivity index (χ0n) is 13.0. The van der Waals surface area contributed by atoms with E-state index < -0.39 is 18.2 Å². The molecule has 0 aliphatic rings. The minimum Gasteiger partial charge on any atom is -0.463 e. The van der Waals surface area contributed by atoms with Gasteiger partial charge in [-0.2, -0.15) is 0 Å². The number of hydrogen-bond acceptors (Lipinski definition) is 5. The van der Waals surface area contributed by atoms with Crippen molar-refractivity contribution in [1.29, 1.82) is 0 Å². The largest absolute Gasteiger partial charge is 0.508 e. The van der Waals surface area contributed by atoms with Gasteiger partial charge in [0, 0.05) is 0 Å².